The molecule has 0 saturated carbocycles. The number of rotatable bonds is 3. The third-order valence-corrected chi connectivity index (χ3v) is 1.95. The fourth-order valence-electron chi connectivity index (χ4n) is 1.19. The molecule has 0 unspecified atom stereocenters. The van der Waals surface area contributed by atoms with Crippen LogP contribution >= 0.6 is 0 Å². The molecule has 4 heteroatoms. The lowest BCUT2D eigenvalue weighted by atomic mass is 10.3. The van der Waals surface area contributed by atoms with Crippen molar-refractivity contribution in [3.8, 4) is 0 Å². The second-order valence-corrected chi connectivity index (χ2v) is 3.15. The van der Waals surface area contributed by atoms with Gasteiger partial charge in [0.25, 0.3) is 0 Å². The summed E-state index contributed by atoms with van der Waals surface area (Å²) in [5, 5.41) is 3.21. The van der Waals surface area contributed by atoms with Crippen LogP contribution in [0.1, 0.15) is 5.82 Å². The second-order valence-electron chi connectivity index (χ2n) is 3.15. The normalized spacial score (nSPS) is 9.87. The summed E-state index contributed by atoms with van der Waals surface area (Å²) in [6, 6.07) is 9.93. The van der Waals surface area contributed by atoms with E-state index in [2.05, 4.69) is 15.3 Å². The molecule has 0 fully saturated rings. The average molecular weight is 200 g/mol. The largest absolute Gasteiger partial charge is 0.396 e. The Balaban J connectivity index is 1.96. The summed E-state index contributed by atoms with van der Waals surface area (Å²) in [6.07, 6.45) is 3.21. The number of nitrogens with two attached hydrogens (primary N) is 1. The molecule has 3 N–H and O–H groups in total. The van der Waals surface area contributed by atoms with Crippen LogP contribution in [-0.2, 0) is 6.54 Å². The van der Waals surface area contributed by atoms with Gasteiger partial charge in [-0.05, 0) is 12.1 Å². The number of hydrogen-bond donors (Lipinski definition) is 2. The summed E-state index contributed by atoms with van der Waals surface area (Å²) in [7, 11) is 0. The highest BCUT2D eigenvalue weighted by Gasteiger charge is 1.95. The third kappa shape index (κ3) is 2.67. The molecular formula is C11H12N4. The number of anilines is 2. The maximum absolute atomic E-state index is 5.49. The van der Waals surface area contributed by atoms with Gasteiger partial charge in [0.05, 0.1) is 24.6 Å². The van der Waals surface area contributed by atoms with Gasteiger partial charge in [0.15, 0.2) is 0 Å². The van der Waals surface area contributed by atoms with E-state index in [0.717, 1.165) is 11.5 Å². The Morgan fingerprint density at radius 3 is 2.40 bits per heavy atom. The Kier molecular flexibility index (Phi) is 2.78. The summed E-state index contributed by atoms with van der Waals surface area (Å²) in [5.41, 5.74) is 7.12. The van der Waals surface area contributed by atoms with Crippen molar-refractivity contribution in [3.05, 3.63) is 48.5 Å². The molecule has 0 saturated heterocycles. The van der Waals surface area contributed by atoms with E-state index in [1.807, 2.05) is 30.3 Å². The highest BCUT2D eigenvalue weighted by molar-refractivity contribution is 5.42. The summed E-state index contributed by atoms with van der Waals surface area (Å²) in [4.78, 5) is 8.19. The quantitative estimate of drug-likeness (QED) is 0.791. The SMILES string of the molecule is Nc1cnc(CNc2ccccc2)nc1. The van der Waals surface area contributed by atoms with E-state index in [0.29, 0.717) is 12.2 Å². The topological polar surface area (TPSA) is 63.8 Å². The third-order valence-electron chi connectivity index (χ3n) is 1.95. The number of benzene rings is 1. The van der Waals surface area contributed by atoms with E-state index in [1.54, 1.807) is 12.4 Å². The van der Waals surface area contributed by atoms with Gasteiger partial charge in [0, 0.05) is 5.69 Å². The van der Waals surface area contributed by atoms with Gasteiger partial charge in [-0.3, -0.25) is 0 Å². The molecule has 0 bridgehead atoms. The fraction of sp³-hybridized carbons (Fsp3) is 0.0909. The number of nitrogens with zero attached hydrogens (tertiary/aromatic N) is 2. The maximum Gasteiger partial charge on any atom is 0.147 e. The number of nitrogens with one attached hydrogen (secondary N) is 1. The van der Waals surface area contributed by atoms with Gasteiger partial charge in [0.1, 0.15) is 5.82 Å². The van der Waals surface area contributed by atoms with E-state index in [-0.39, 0.29) is 0 Å². The molecule has 1 aromatic carbocycles. The molecule has 0 radical (unpaired) electrons. The molecule has 0 amide bonds. The first-order valence-electron chi connectivity index (χ1n) is 4.70. The predicted octanol–water partition coefficient (Wildman–Crippen LogP) is 1.67. The van der Waals surface area contributed by atoms with E-state index in [9.17, 15) is 0 Å². The van der Waals surface area contributed by atoms with Crippen molar-refractivity contribution in [2.75, 3.05) is 11.1 Å². The lowest BCUT2D eigenvalue weighted by Crippen LogP contribution is -2.04. The molecule has 2 aromatic rings. The van der Waals surface area contributed by atoms with Crippen LogP contribution in [0, 0.1) is 0 Å². The molecule has 0 atom stereocenters. The number of para-hydroxylation sites is 1. The number of nitrogen functional groups attached to an aromatic ring is 1. The van der Waals surface area contributed by atoms with Crippen molar-refractivity contribution in [1.29, 1.82) is 0 Å². The first kappa shape index (κ1) is 9.45. The predicted molar refractivity (Wildman–Crippen MR) is 60.2 cm³/mol. The average Bonchev–Trinajstić information content (AvgIpc) is 2.30. The summed E-state index contributed by atoms with van der Waals surface area (Å²) in [5.74, 6) is 0.730. The molecular weight excluding hydrogens is 188 g/mol. The zero-order valence-corrected chi connectivity index (χ0v) is 8.22. The first-order chi connectivity index (χ1) is 7.34. The molecule has 0 aliphatic heterocycles. The Morgan fingerprint density at radius 2 is 1.73 bits per heavy atom. The Hall–Kier alpha value is -2.10. The van der Waals surface area contributed by atoms with Crippen molar-refractivity contribution in [2.24, 2.45) is 0 Å². The van der Waals surface area contributed by atoms with E-state index in [4.69, 9.17) is 5.73 Å². The molecule has 15 heavy (non-hydrogen) atoms. The van der Waals surface area contributed by atoms with Crippen LogP contribution in [0.4, 0.5) is 11.4 Å². The first-order valence-corrected chi connectivity index (χ1v) is 4.70. The van der Waals surface area contributed by atoms with E-state index < -0.39 is 0 Å². The summed E-state index contributed by atoms with van der Waals surface area (Å²) >= 11 is 0. The molecule has 1 aromatic heterocycles. The molecule has 76 valence electrons. The minimum absolute atomic E-state index is 0.582. The van der Waals surface area contributed by atoms with E-state index >= 15 is 0 Å². The van der Waals surface area contributed by atoms with Gasteiger partial charge in [-0.2, -0.15) is 0 Å². The van der Waals surface area contributed by atoms with Crippen LogP contribution in [0.5, 0.6) is 0 Å². The van der Waals surface area contributed by atoms with Crippen molar-refractivity contribution in [3.63, 3.8) is 0 Å². The Bertz CT molecular complexity index is 410. The highest BCUT2D eigenvalue weighted by atomic mass is 15.0. The van der Waals surface area contributed by atoms with E-state index in [1.165, 1.54) is 0 Å². The molecule has 4 nitrogen and oxygen atoms in total. The minimum Gasteiger partial charge on any atom is -0.396 e. The van der Waals surface area contributed by atoms with Crippen LogP contribution in [0.3, 0.4) is 0 Å². The van der Waals surface area contributed by atoms with Crippen LogP contribution in [0.2, 0.25) is 0 Å². The van der Waals surface area contributed by atoms with Crippen molar-refractivity contribution in [1.82, 2.24) is 9.97 Å². The zero-order chi connectivity index (χ0) is 10.5. The molecule has 0 spiro atoms. The summed E-state index contributed by atoms with van der Waals surface area (Å²) in [6.45, 7) is 0.601. The zero-order valence-electron chi connectivity index (χ0n) is 8.22. The Morgan fingerprint density at radius 1 is 1.07 bits per heavy atom. The molecule has 1 heterocycles. The lowest BCUT2D eigenvalue weighted by molar-refractivity contribution is 0.951. The van der Waals surface area contributed by atoms with Gasteiger partial charge in [-0.25, -0.2) is 9.97 Å². The van der Waals surface area contributed by atoms with Gasteiger partial charge >= 0.3 is 0 Å². The minimum atomic E-state index is 0.582. The summed E-state index contributed by atoms with van der Waals surface area (Å²) < 4.78 is 0. The maximum atomic E-state index is 5.49. The van der Waals surface area contributed by atoms with Crippen molar-refractivity contribution < 1.29 is 0 Å². The Labute approximate surface area is 88.2 Å². The second kappa shape index (κ2) is 4.41. The number of hydrogen-bond acceptors (Lipinski definition) is 4. The molecule has 2 rings (SSSR count). The van der Waals surface area contributed by atoms with Crippen LogP contribution < -0.4 is 11.1 Å². The van der Waals surface area contributed by atoms with Crippen LogP contribution in [0.15, 0.2) is 42.7 Å². The van der Waals surface area contributed by atoms with Gasteiger partial charge in [-0.15, -0.1) is 0 Å². The van der Waals surface area contributed by atoms with Gasteiger partial charge in [0.2, 0.25) is 0 Å². The lowest BCUT2D eigenvalue weighted by Gasteiger charge is -2.04. The van der Waals surface area contributed by atoms with Crippen LogP contribution in [0.25, 0.3) is 0 Å². The fourth-order valence-corrected chi connectivity index (χ4v) is 1.19. The van der Waals surface area contributed by atoms with Gasteiger partial charge in [-0.1, -0.05) is 18.2 Å². The monoisotopic (exact) mass is 200 g/mol. The number of aromatic nitrogens is 2. The van der Waals surface area contributed by atoms with Crippen molar-refractivity contribution >= 4 is 11.4 Å². The van der Waals surface area contributed by atoms with Crippen LogP contribution in [-0.4, -0.2) is 9.97 Å². The highest BCUT2D eigenvalue weighted by Crippen LogP contribution is 2.06. The molecule has 0 aliphatic rings. The smallest absolute Gasteiger partial charge is 0.147 e. The molecule has 0 aliphatic carbocycles. The van der Waals surface area contributed by atoms with Gasteiger partial charge < -0.3 is 11.1 Å². The van der Waals surface area contributed by atoms with Crippen molar-refractivity contribution in [2.45, 2.75) is 6.54 Å². The standard InChI is InChI=1S/C11H12N4/c12-9-6-14-11(15-7-9)8-13-10-4-2-1-3-5-10/h1-7,13H,8,12H2.